The van der Waals surface area contributed by atoms with Gasteiger partial charge in [0.15, 0.2) is 0 Å². The number of nitrogens with two attached hydrogens (primary N) is 1. The molecule has 1 rings (SSSR count). The average molecular weight is 404 g/mol. The second-order valence-corrected chi connectivity index (χ2v) is 5.98. The van der Waals surface area contributed by atoms with Crippen LogP contribution in [0.5, 0.6) is 0 Å². The second-order valence-electron chi connectivity index (χ2n) is 4.90. The lowest BCUT2D eigenvalue weighted by Gasteiger charge is -2.09. The van der Waals surface area contributed by atoms with Crippen LogP contribution in [0.1, 0.15) is 31.2 Å². The van der Waals surface area contributed by atoms with Crippen molar-refractivity contribution in [2.24, 2.45) is 5.73 Å². The molecule has 0 saturated carbocycles. The number of unbranched alkanes of at least 4 members (excludes halogenated alkanes) is 2. The molecule has 0 aliphatic rings. The van der Waals surface area contributed by atoms with Crippen LogP contribution >= 0.6 is 22.6 Å². The highest BCUT2D eigenvalue weighted by molar-refractivity contribution is 14.1. The molecule has 0 fully saturated rings. The summed E-state index contributed by atoms with van der Waals surface area (Å²) < 4.78 is 1.12. The number of carbonyl (C=O) groups is 2. The summed E-state index contributed by atoms with van der Waals surface area (Å²) in [5, 5.41) is 11.6. The maximum absolute atomic E-state index is 11.8. The third-order valence-corrected chi connectivity index (χ3v) is 3.78. The molecule has 1 amide bonds. The number of aliphatic carboxylic acids is 1. The smallest absolute Gasteiger partial charge is 0.320 e. The predicted molar refractivity (Wildman–Crippen MR) is 91.7 cm³/mol. The number of halogens is 1. The summed E-state index contributed by atoms with van der Waals surface area (Å²) in [6.07, 6.45) is 3.84. The molecule has 0 spiro atoms. The van der Waals surface area contributed by atoms with Crippen molar-refractivity contribution < 1.29 is 14.7 Å². The van der Waals surface area contributed by atoms with Gasteiger partial charge in [-0.15, -0.1) is 0 Å². The van der Waals surface area contributed by atoms with Gasteiger partial charge in [-0.3, -0.25) is 9.59 Å². The minimum atomic E-state index is -1.03. The number of alkyl halides is 1. The number of carboxylic acid groups (broad SMARTS) is 1. The van der Waals surface area contributed by atoms with Crippen LogP contribution in [0.2, 0.25) is 0 Å². The van der Waals surface area contributed by atoms with Crippen LogP contribution in [-0.2, 0) is 16.0 Å². The highest BCUT2D eigenvalue weighted by atomic mass is 127. The van der Waals surface area contributed by atoms with Crippen molar-refractivity contribution in [3.05, 3.63) is 29.8 Å². The monoisotopic (exact) mass is 404 g/mol. The molecule has 0 saturated heterocycles. The molecule has 4 N–H and O–H groups in total. The fourth-order valence-electron chi connectivity index (χ4n) is 1.90. The van der Waals surface area contributed by atoms with Gasteiger partial charge >= 0.3 is 5.97 Å². The molecule has 0 aliphatic heterocycles. The van der Waals surface area contributed by atoms with Crippen LogP contribution in [0.25, 0.3) is 0 Å². The molecule has 0 radical (unpaired) electrons. The first-order valence-corrected chi connectivity index (χ1v) is 8.48. The Morgan fingerprint density at radius 3 is 2.71 bits per heavy atom. The topological polar surface area (TPSA) is 92.4 Å². The van der Waals surface area contributed by atoms with Crippen molar-refractivity contribution in [1.29, 1.82) is 0 Å². The maximum atomic E-state index is 11.8. The molecule has 6 heteroatoms. The van der Waals surface area contributed by atoms with Gasteiger partial charge in [-0.25, -0.2) is 0 Å². The van der Waals surface area contributed by atoms with Crippen LogP contribution in [0, 0.1) is 0 Å². The van der Waals surface area contributed by atoms with E-state index in [2.05, 4.69) is 27.9 Å². The molecule has 21 heavy (non-hydrogen) atoms. The third-order valence-electron chi connectivity index (χ3n) is 3.02. The number of rotatable bonds is 9. The van der Waals surface area contributed by atoms with E-state index in [1.807, 2.05) is 0 Å². The van der Waals surface area contributed by atoms with Gasteiger partial charge in [0, 0.05) is 12.1 Å². The highest BCUT2D eigenvalue weighted by Crippen LogP contribution is 2.13. The maximum Gasteiger partial charge on any atom is 0.320 e. The van der Waals surface area contributed by atoms with E-state index in [4.69, 9.17) is 10.8 Å². The third kappa shape index (κ3) is 7.42. The van der Waals surface area contributed by atoms with E-state index in [0.29, 0.717) is 12.1 Å². The van der Waals surface area contributed by atoms with Gasteiger partial charge < -0.3 is 16.2 Å². The molecule has 0 aromatic heterocycles. The Hall–Kier alpha value is -1.15. The molecule has 1 aromatic rings. The average Bonchev–Trinajstić information content (AvgIpc) is 2.44. The lowest BCUT2D eigenvalue weighted by atomic mass is 10.1. The Bertz CT molecular complexity index is 480. The van der Waals surface area contributed by atoms with Crippen molar-refractivity contribution >= 4 is 40.2 Å². The number of hydrogen-bond donors (Lipinski definition) is 3. The van der Waals surface area contributed by atoms with Gasteiger partial charge in [-0.2, -0.15) is 0 Å². The first kappa shape index (κ1) is 17.9. The SMILES string of the molecule is NC(Cc1cccc(NC(=O)CCCCCI)c1)C(=O)O. The van der Waals surface area contributed by atoms with Crippen LogP contribution in [0.3, 0.4) is 0 Å². The zero-order chi connectivity index (χ0) is 15.7. The van der Waals surface area contributed by atoms with E-state index in [0.717, 1.165) is 29.3 Å². The first-order chi connectivity index (χ1) is 10.0. The molecule has 1 aromatic carbocycles. The zero-order valence-electron chi connectivity index (χ0n) is 11.8. The van der Waals surface area contributed by atoms with E-state index in [9.17, 15) is 9.59 Å². The number of anilines is 1. The molecular weight excluding hydrogens is 383 g/mol. The van der Waals surface area contributed by atoms with Crippen molar-refractivity contribution in [2.75, 3.05) is 9.74 Å². The van der Waals surface area contributed by atoms with Gasteiger partial charge in [-0.1, -0.05) is 41.1 Å². The number of benzene rings is 1. The van der Waals surface area contributed by atoms with Crippen LogP contribution in [0.15, 0.2) is 24.3 Å². The number of carboxylic acids is 1. The zero-order valence-corrected chi connectivity index (χ0v) is 14.0. The van der Waals surface area contributed by atoms with Gasteiger partial charge in [0.05, 0.1) is 0 Å². The van der Waals surface area contributed by atoms with Crippen LogP contribution in [-0.4, -0.2) is 27.5 Å². The van der Waals surface area contributed by atoms with Gasteiger partial charge in [-0.05, 0) is 41.4 Å². The molecule has 1 unspecified atom stereocenters. The standard InChI is InChI=1S/C15H21IN2O3/c16-8-3-1-2-7-14(19)18-12-6-4-5-11(9-12)10-13(17)15(20)21/h4-6,9,13H,1-3,7-8,10,17H2,(H,18,19)(H,20,21). The molecule has 0 bridgehead atoms. The normalized spacial score (nSPS) is 11.9. The van der Waals surface area contributed by atoms with Gasteiger partial charge in [0.1, 0.15) is 6.04 Å². The number of hydrogen-bond acceptors (Lipinski definition) is 3. The summed E-state index contributed by atoms with van der Waals surface area (Å²) in [6, 6.07) is 6.22. The van der Waals surface area contributed by atoms with Crippen LogP contribution < -0.4 is 11.1 Å². The predicted octanol–water partition coefficient (Wildman–Crippen LogP) is 2.57. The molecule has 5 nitrogen and oxygen atoms in total. The van der Waals surface area contributed by atoms with E-state index in [1.54, 1.807) is 24.3 Å². The second kappa shape index (κ2) is 9.73. The minimum Gasteiger partial charge on any atom is -0.480 e. The van der Waals surface area contributed by atoms with Crippen molar-refractivity contribution in [3.8, 4) is 0 Å². The Kier molecular flexibility index (Phi) is 8.29. The Morgan fingerprint density at radius 2 is 2.05 bits per heavy atom. The molecular formula is C15H21IN2O3. The molecule has 116 valence electrons. The summed E-state index contributed by atoms with van der Waals surface area (Å²) >= 11 is 2.33. The summed E-state index contributed by atoms with van der Waals surface area (Å²) in [5.74, 6) is -1.04. The number of amides is 1. The summed E-state index contributed by atoms with van der Waals surface area (Å²) in [4.78, 5) is 22.5. The van der Waals surface area contributed by atoms with E-state index < -0.39 is 12.0 Å². The van der Waals surface area contributed by atoms with E-state index >= 15 is 0 Å². The summed E-state index contributed by atoms with van der Waals surface area (Å²) in [6.45, 7) is 0. The van der Waals surface area contributed by atoms with Crippen LogP contribution in [0.4, 0.5) is 5.69 Å². The fraction of sp³-hybridized carbons (Fsp3) is 0.467. The Labute approximate surface area is 138 Å². The lowest BCUT2D eigenvalue weighted by molar-refractivity contribution is -0.138. The summed E-state index contributed by atoms with van der Waals surface area (Å²) in [7, 11) is 0. The highest BCUT2D eigenvalue weighted by Gasteiger charge is 2.12. The van der Waals surface area contributed by atoms with Crippen molar-refractivity contribution in [1.82, 2.24) is 0 Å². The van der Waals surface area contributed by atoms with Gasteiger partial charge in [0.25, 0.3) is 0 Å². The van der Waals surface area contributed by atoms with Crippen molar-refractivity contribution in [3.63, 3.8) is 0 Å². The Balaban J connectivity index is 2.48. The fourth-order valence-corrected chi connectivity index (χ4v) is 2.44. The van der Waals surface area contributed by atoms with E-state index in [-0.39, 0.29) is 12.3 Å². The number of carbonyl (C=O) groups excluding carboxylic acids is 1. The molecule has 0 heterocycles. The quantitative estimate of drug-likeness (QED) is 0.335. The van der Waals surface area contributed by atoms with Crippen molar-refractivity contribution in [2.45, 2.75) is 38.1 Å². The lowest BCUT2D eigenvalue weighted by Crippen LogP contribution is -2.32. The summed E-state index contributed by atoms with van der Waals surface area (Å²) in [5.41, 5.74) is 6.99. The van der Waals surface area contributed by atoms with E-state index in [1.165, 1.54) is 0 Å². The molecule has 1 atom stereocenters. The largest absolute Gasteiger partial charge is 0.480 e. The number of nitrogens with one attached hydrogen (secondary N) is 1. The molecule has 0 aliphatic carbocycles. The first-order valence-electron chi connectivity index (χ1n) is 6.96. The Morgan fingerprint density at radius 1 is 1.29 bits per heavy atom. The van der Waals surface area contributed by atoms with Gasteiger partial charge in [0.2, 0.25) is 5.91 Å². The minimum absolute atomic E-state index is 0.0110.